The molecule has 2 atom stereocenters. The van der Waals surface area contributed by atoms with E-state index in [1.807, 2.05) is 19.3 Å². The Balaban J connectivity index is 1.30. The average Bonchev–Trinajstić information content (AvgIpc) is 3.42. The van der Waals surface area contributed by atoms with E-state index in [1.54, 1.807) is 23.3 Å². The van der Waals surface area contributed by atoms with Crippen LogP contribution in [0.25, 0.3) is 0 Å². The Labute approximate surface area is 173 Å². The van der Waals surface area contributed by atoms with Crippen molar-refractivity contribution in [3.63, 3.8) is 0 Å². The van der Waals surface area contributed by atoms with Gasteiger partial charge in [0, 0.05) is 50.9 Å². The second kappa shape index (κ2) is 7.00. The zero-order valence-electron chi connectivity index (χ0n) is 16.4. The van der Waals surface area contributed by atoms with Crippen LogP contribution in [-0.2, 0) is 13.6 Å². The highest BCUT2D eigenvalue weighted by Crippen LogP contribution is 2.44. The molecule has 29 heavy (non-hydrogen) atoms. The third-order valence-corrected chi connectivity index (χ3v) is 6.17. The van der Waals surface area contributed by atoms with Gasteiger partial charge in [0.2, 0.25) is 5.95 Å². The van der Waals surface area contributed by atoms with E-state index in [2.05, 4.69) is 37.3 Å². The van der Waals surface area contributed by atoms with E-state index in [0.717, 1.165) is 50.0 Å². The Morgan fingerprint density at radius 1 is 1.31 bits per heavy atom. The number of nitrogens with one attached hydrogen (secondary N) is 1. The zero-order valence-corrected chi connectivity index (χ0v) is 17.2. The van der Waals surface area contributed by atoms with Gasteiger partial charge in [0.1, 0.15) is 5.02 Å². The first-order valence-corrected chi connectivity index (χ1v) is 10.0. The Kier molecular flexibility index (Phi) is 4.44. The normalized spacial score (nSPS) is 24.2. The number of hydrogen-bond acceptors (Lipinski definition) is 8. The van der Waals surface area contributed by atoms with Gasteiger partial charge in [-0.3, -0.25) is 9.58 Å². The van der Waals surface area contributed by atoms with Gasteiger partial charge in [0.05, 0.1) is 30.8 Å². The SMILES string of the molecule is Cn1cc(Nc2ncc(Cl)c(N3C[C@@H]4CN(Cc5ccno5)C[C@]4(C)C3)n2)cn1. The van der Waals surface area contributed by atoms with Crippen LogP contribution < -0.4 is 10.2 Å². The molecule has 2 fully saturated rings. The number of aromatic nitrogens is 5. The highest BCUT2D eigenvalue weighted by atomic mass is 35.5. The fraction of sp³-hybridized carbons (Fsp3) is 0.474. The van der Waals surface area contributed by atoms with Gasteiger partial charge in [-0.15, -0.1) is 0 Å². The molecular formula is C19H23ClN8O. The van der Waals surface area contributed by atoms with Gasteiger partial charge in [0.15, 0.2) is 11.6 Å². The molecule has 5 rings (SSSR count). The molecule has 3 aromatic rings. The van der Waals surface area contributed by atoms with E-state index in [9.17, 15) is 0 Å². The molecule has 0 unspecified atom stereocenters. The number of likely N-dealkylation sites (tertiary alicyclic amines) is 1. The minimum absolute atomic E-state index is 0.186. The van der Waals surface area contributed by atoms with Crippen molar-refractivity contribution < 1.29 is 4.52 Å². The molecule has 2 saturated heterocycles. The maximum atomic E-state index is 6.47. The van der Waals surface area contributed by atoms with Gasteiger partial charge in [-0.05, 0) is 5.92 Å². The first-order chi connectivity index (χ1) is 14.0. The van der Waals surface area contributed by atoms with Crippen molar-refractivity contribution >= 4 is 29.1 Å². The largest absolute Gasteiger partial charge is 0.360 e. The van der Waals surface area contributed by atoms with Crippen LogP contribution in [0, 0.1) is 11.3 Å². The van der Waals surface area contributed by atoms with E-state index in [-0.39, 0.29) is 5.41 Å². The topological polar surface area (TPSA) is 88.1 Å². The number of aryl methyl sites for hydroxylation is 1. The smallest absolute Gasteiger partial charge is 0.229 e. The molecule has 0 radical (unpaired) electrons. The molecule has 2 aliphatic rings. The van der Waals surface area contributed by atoms with Crippen LogP contribution in [-0.4, -0.2) is 56.0 Å². The molecule has 0 aliphatic carbocycles. The average molecular weight is 415 g/mol. The molecule has 5 heterocycles. The van der Waals surface area contributed by atoms with Gasteiger partial charge in [-0.25, -0.2) is 4.98 Å². The lowest BCUT2D eigenvalue weighted by molar-refractivity contribution is 0.244. The summed E-state index contributed by atoms with van der Waals surface area (Å²) in [5, 5.41) is 11.7. The third-order valence-electron chi connectivity index (χ3n) is 5.90. The molecule has 0 spiro atoms. The molecule has 152 valence electrons. The molecule has 10 heteroatoms. The van der Waals surface area contributed by atoms with Crippen LogP contribution in [0.1, 0.15) is 12.7 Å². The molecule has 9 nitrogen and oxygen atoms in total. The summed E-state index contributed by atoms with van der Waals surface area (Å²) in [4.78, 5) is 13.7. The molecule has 1 N–H and O–H groups in total. The van der Waals surface area contributed by atoms with E-state index >= 15 is 0 Å². The summed E-state index contributed by atoms with van der Waals surface area (Å²) in [7, 11) is 1.87. The highest BCUT2D eigenvalue weighted by Gasteiger charge is 2.49. The quantitative estimate of drug-likeness (QED) is 0.681. The van der Waals surface area contributed by atoms with Gasteiger partial charge >= 0.3 is 0 Å². The van der Waals surface area contributed by atoms with E-state index in [0.29, 0.717) is 16.9 Å². The van der Waals surface area contributed by atoms with E-state index < -0.39 is 0 Å². The predicted octanol–water partition coefficient (Wildman–Crippen LogP) is 2.55. The molecule has 2 aliphatic heterocycles. The van der Waals surface area contributed by atoms with Crippen molar-refractivity contribution in [2.45, 2.75) is 13.5 Å². The summed E-state index contributed by atoms with van der Waals surface area (Å²) < 4.78 is 7.00. The van der Waals surface area contributed by atoms with Crippen LogP contribution in [0.15, 0.2) is 35.4 Å². The lowest BCUT2D eigenvalue weighted by Crippen LogP contribution is -2.32. The summed E-state index contributed by atoms with van der Waals surface area (Å²) in [6, 6.07) is 1.93. The minimum atomic E-state index is 0.186. The van der Waals surface area contributed by atoms with Crippen LogP contribution in [0.3, 0.4) is 0 Å². The van der Waals surface area contributed by atoms with Gasteiger partial charge < -0.3 is 14.7 Å². The number of halogens is 1. The zero-order chi connectivity index (χ0) is 20.0. The monoisotopic (exact) mass is 414 g/mol. The lowest BCUT2D eigenvalue weighted by Gasteiger charge is -2.26. The van der Waals surface area contributed by atoms with E-state index in [1.165, 1.54) is 0 Å². The molecule has 0 saturated carbocycles. The Morgan fingerprint density at radius 2 is 2.21 bits per heavy atom. The van der Waals surface area contributed by atoms with Gasteiger partial charge in [-0.1, -0.05) is 23.7 Å². The first kappa shape index (κ1) is 18.4. The Hall–Kier alpha value is -2.65. The second-order valence-electron chi connectivity index (χ2n) is 8.27. The Bertz CT molecular complexity index is 1010. The van der Waals surface area contributed by atoms with Crippen molar-refractivity contribution in [2.75, 3.05) is 36.4 Å². The minimum Gasteiger partial charge on any atom is -0.360 e. The number of hydrogen-bond donors (Lipinski definition) is 1. The summed E-state index contributed by atoms with van der Waals surface area (Å²) in [5.74, 6) is 2.76. The van der Waals surface area contributed by atoms with Crippen LogP contribution in [0.4, 0.5) is 17.5 Å². The van der Waals surface area contributed by atoms with Crippen molar-refractivity contribution in [3.05, 3.63) is 41.6 Å². The molecule has 3 aromatic heterocycles. The number of fused-ring (bicyclic) bond motifs is 1. The van der Waals surface area contributed by atoms with E-state index in [4.69, 9.17) is 21.1 Å². The number of rotatable bonds is 5. The van der Waals surface area contributed by atoms with Crippen molar-refractivity contribution in [2.24, 2.45) is 18.4 Å². The standard InChI is InChI=1S/C19H23ClN8O/c1-19-11-27(10-15-3-4-23-29-15)7-13(19)8-28(12-19)17-16(20)6-21-18(25-17)24-14-5-22-26(2)9-14/h3-6,9,13H,7-8,10-12H2,1-2H3,(H,21,24,25)/t13-,19+/m0/s1. The molecule has 0 amide bonds. The van der Waals surface area contributed by atoms with Crippen LogP contribution in [0.2, 0.25) is 5.02 Å². The fourth-order valence-electron chi connectivity index (χ4n) is 4.54. The summed E-state index contributed by atoms with van der Waals surface area (Å²) in [5.41, 5.74) is 1.03. The predicted molar refractivity (Wildman–Crippen MR) is 109 cm³/mol. The number of nitrogens with zero attached hydrogens (tertiary/aromatic N) is 7. The maximum Gasteiger partial charge on any atom is 0.229 e. The summed E-state index contributed by atoms with van der Waals surface area (Å²) in [6.45, 7) is 7.02. The first-order valence-electron chi connectivity index (χ1n) is 9.64. The fourth-order valence-corrected chi connectivity index (χ4v) is 4.75. The maximum absolute atomic E-state index is 6.47. The van der Waals surface area contributed by atoms with Crippen molar-refractivity contribution in [1.82, 2.24) is 29.8 Å². The van der Waals surface area contributed by atoms with Crippen molar-refractivity contribution in [1.29, 1.82) is 0 Å². The van der Waals surface area contributed by atoms with Crippen LogP contribution in [0.5, 0.6) is 0 Å². The lowest BCUT2D eigenvalue weighted by atomic mass is 9.83. The van der Waals surface area contributed by atoms with Gasteiger partial charge in [-0.2, -0.15) is 10.1 Å². The summed E-state index contributed by atoms with van der Waals surface area (Å²) >= 11 is 6.47. The second-order valence-corrected chi connectivity index (χ2v) is 8.68. The third kappa shape index (κ3) is 3.56. The van der Waals surface area contributed by atoms with Gasteiger partial charge in [0.25, 0.3) is 0 Å². The summed E-state index contributed by atoms with van der Waals surface area (Å²) in [6.07, 6.45) is 6.98. The number of anilines is 3. The van der Waals surface area contributed by atoms with Crippen LogP contribution >= 0.6 is 11.6 Å². The molecular weight excluding hydrogens is 392 g/mol. The molecule has 0 bridgehead atoms. The highest BCUT2D eigenvalue weighted by molar-refractivity contribution is 6.32. The molecule has 0 aromatic carbocycles. The Morgan fingerprint density at radius 3 is 2.93 bits per heavy atom. The van der Waals surface area contributed by atoms with Crippen molar-refractivity contribution in [3.8, 4) is 0 Å².